The Labute approximate surface area is 116 Å². The van der Waals surface area contributed by atoms with Crippen molar-refractivity contribution in [3.05, 3.63) is 60.3 Å². The van der Waals surface area contributed by atoms with E-state index in [4.69, 9.17) is 0 Å². The molecular weight excluding hydrogens is 252 g/mol. The molecule has 2 N–H and O–H groups in total. The number of hydrogen-bond acceptors (Lipinski definition) is 2. The number of phenolic OH excluding ortho intramolecular Hbond substituents is 1. The summed E-state index contributed by atoms with van der Waals surface area (Å²) in [4.78, 5) is 12.2. The van der Waals surface area contributed by atoms with Crippen LogP contribution in [0.2, 0.25) is 0 Å². The first-order valence-corrected chi connectivity index (χ1v) is 6.30. The van der Waals surface area contributed by atoms with Gasteiger partial charge in [0.05, 0.1) is 11.3 Å². The average Bonchev–Trinajstić information content (AvgIpc) is 2.82. The van der Waals surface area contributed by atoms with Crippen molar-refractivity contribution in [3.63, 3.8) is 0 Å². The number of aromatic nitrogens is 1. The molecule has 1 aromatic heterocycles. The maximum atomic E-state index is 12.2. The van der Waals surface area contributed by atoms with Crippen molar-refractivity contribution in [3.8, 4) is 5.75 Å². The summed E-state index contributed by atoms with van der Waals surface area (Å²) in [5.74, 6) is -0.343. The van der Waals surface area contributed by atoms with Gasteiger partial charge in [-0.3, -0.25) is 4.79 Å². The van der Waals surface area contributed by atoms with Crippen molar-refractivity contribution >= 4 is 22.5 Å². The molecule has 0 aliphatic carbocycles. The molecule has 1 heterocycles. The topological polar surface area (TPSA) is 54.3 Å². The second kappa shape index (κ2) is 4.74. The molecule has 4 heteroatoms. The van der Waals surface area contributed by atoms with Gasteiger partial charge in [-0.1, -0.05) is 18.2 Å². The first-order valence-electron chi connectivity index (χ1n) is 6.30. The lowest BCUT2D eigenvalue weighted by molar-refractivity contribution is 0.102. The molecule has 0 unspecified atom stereocenters. The van der Waals surface area contributed by atoms with Crippen LogP contribution in [0.1, 0.15) is 10.4 Å². The largest absolute Gasteiger partial charge is 0.507 e. The number of nitrogens with one attached hydrogen (secondary N) is 1. The van der Waals surface area contributed by atoms with Crippen molar-refractivity contribution < 1.29 is 9.90 Å². The van der Waals surface area contributed by atoms with Crippen LogP contribution < -0.4 is 5.32 Å². The van der Waals surface area contributed by atoms with Gasteiger partial charge in [-0.2, -0.15) is 0 Å². The van der Waals surface area contributed by atoms with Gasteiger partial charge in [0.1, 0.15) is 5.75 Å². The number of nitrogens with zero attached hydrogens (tertiary/aromatic N) is 1. The molecule has 0 saturated heterocycles. The Balaban J connectivity index is 1.98. The second-order valence-electron chi connectivity index (χ2n) is 4.64. The zero-order chi connectivity index (χ0) is 14.1. The van der Waals surface area contributed by atoms with E-state index in [1.54, 1.807) is 18.2 Å². The third kappa shape index (κ3) is 2.01. The van der Waals surface area contributed by atoms with Gasteiger partial charge in [-0.05, 0) is 30.3 Å². The van der Waals surface area contributed by atoms with E-state index in [1.165, 1.54) is 6.07 Å². The number of amides is 1. The van der Waals surface area contributed by atoms with E-state index in [9.17, 15) is 9.90 Å². The molecule has 4 nitrogen and oxygen atoms in total. The first-order chi connectivity index (χ1) is 9.66. The predicted octanol–water partition coefficient (Wildman–Crippen LogP) is 3.14. The fourth-order valence-corrected chi connectivity index (χ4v) is 2.27. The highest BCUT2D eigenvalue weighted by atomic mass is 16.3. The summed E-state index contributed by atoms with van der Waals surface area (Å²) < 4.78 is 1.99. The van der Waals surface area contributed by atoms with Gasteiger partial charge in [0, 0.05) is 24.1 Å². The van der Waals surface area contributed by atoms with Crippen molar-refractivity contribution in [2.75, 3.05) is 5.32 Å². The lowest BCUT2D eigenvalue weighted by Gasteiger charge is -2.08. The molecule has 0 spiro atoms. The van der Waals surface area contributed by atoms with Crippen LogP contribution in [0.25, 0.3) is 10.9 Å². The van der Waals surface area contributed by atoms with Gasteiger partial charge in [0.25, 0.3) is 5.91 Å². The Hall–Kier alpha value is -2.75. The third-order valence-corrected chi connectivity index (χ3v) is 3.32. The molecule has 1 amide bonds. The maximum absolute atomic E-state index is 12.2. The van der Waals surface area contributed by atoms with Crippen LogP contribution >= 0.6 is 0 Å². The summed E-state index contributed by atoms with van der Waals surface area (Å²) in [5, 5.41) is 13.5. The number of rotatable bonds is 2. The fraction of sp³-hybridized carbons (Fsp3) is 0.0625. The Morgan fingerprint density at radius 2 is 1.90 bits per heavy atom. The standard InChI is InChI=1S/C16H14N2O2/c1-18-10-9-11-13(6-4-7-14(11)18)17-16(20)12-5-2-3-8-15(12)19/h2-10,19H,1H3,(H,17,20). The molecule has 0 fully saturated rings. The Morgan fingerprint density at radius 3 is 2.70 bits per heavy atom. The van der Waals surface area contributed by atoms with Gasteiger partial charge in [-0.25, -0.2) is 0 Å². The maximum Gasteiger partial charge on any atom is 0.259 e. The number of para-hydroxylation sites is 1. The number of aryl methyl sites for hydroxylation is 1. The van der Waals surface area contributed by atoms with Crippen LogP contribution in [0.4, 0.5) is 5.69 Å². The molecule has 2 aromatic carbocycles. The number of phenols is 1. The summed E-state index contributed by atoms with van der Waals surface area (Å²) in [6.07, 6.45) is 1.94. The Bertz CT molecular complexity index is 790. The van der Waals surface area contributed by atoms with Crippen LogP contribution in [0, 0.1) is 0 Å². The molecule has 0 saturated carbocycles. The monoisotopic (exact) mass is 266 g/mol. The highest BCUT2D eigenvalue weighted by molar-refractivity contribution is 6.10. The lowest BCUT2D eigenvalue weighted by atomic mass is 10.1. The zero-order valence-corrected chi connectivity index (χ0v) is 11.0. The molecule has 3 rings (SSSR count). The van der Waals surface area contributed by atoms with E-state index in [0.717, 1.165) is 16.6 Å². The number of hydrogen-bond donors (Lipinski definition) is 2. The third-order valence-electron chi connectivity index (χ3n) is 3.32. The van der Waals surface area contributed by atoms with Gasteiger partial charge >= 0.3 is 0 Å². The normalized spacial score (nSPS) is 10.7. The predicted molar refractivity (Wildman–Crippen MR) is 79.0 cm³/mol. The minimum absolute atomic E-state index is 0.0229. The van der Waals surface area contributed by atoms with Gasteiger partial charge in [0.2, 0.25) is 0 Å². The molecule has 0 bridgehead atoms. The number of carbonyl (C=O) groups is 1. The molecule has 0 radical (unpaired) electrons. The number of carbonyl (C=O) groups excluding carboxylic acids is 1. The molecule has 0 aliphatic rings. The van der Waals surface area contributed by atoms with E-state index in [-0.39, 0.29) is 17.2 Å². The minimum Gasteiger partial charge on any atom is -0.507 e. The van der Waals surface area contributed by atoms with Gasteiger partial charge < -0.3 is 15.0 Å². The van der Waals surface area contributed by atoms with Crippen molar-refractivity contribution in [1.82, 2.24) is 4.57 Å². The van der Waals surface area contributed by atoms with Gasteiger partial charge in [-0.15, -0.1) is 0 Å². The summed E-state index contributed by atoms with van der Waals surface area (Å²) in [6.45, 7) is 0. The van der Waals surface area contributed by atoms with E-state index in [1.807, 2.05) is 42.1 Å². The molecule has 0 aliphatic heterocycles. The molecular formula is C16H14N2O2. The smallest absolute Gasteiger partial charge is 0.259 e. The first kappa shape index (κ1) is 12.3. The number of anilines is 1. The van der Waals surface area contributed by atoms with Crippen molar-refractivity contribution in [1.29, 1.82) is 0 Å². The van der Waals surface area contributed by atoms with Crippen LogP contribution in [0.3, 0.4) is 0 Å². The molecule has 0 atom stereocenters. The highest BCUT2D eigenvalue weighted by Gasteiger charge is 2.12. The van der Waals surface area contributed by atoms with Crippen LogP contribution in [-0.4, -0.2) is 15.6 Å². The summed E-state index contributed by atoms with van der Waals surface area (Å²) in [5.41, 5.74) is 2.04. The zero-order valence-electron chi connectivity index (χ0n) is 11.0. The van der Waals surface area contributed by atoms with E-state index >= 15 is 0 Å². The van der Waals surface area contributed by atoms with Crippen LogP contribution in [-0.2, 0) is 7.05 Å². The average molecular weight is 266 g/mol. The summed E-state index contributed by atoms with van der Waals surface area (Å²) >= 11 is 0. The molecule has 100 valence electrons. The quantitative estimate of drug-likeness (QED) is 0.748. The second-order valence-corrected chi connectivity index (χ2v) is 4.64. The molecule has 20 heavy (non-hydrogen) atoms. The minimum atomic E-state index is -0.320. The Morgan fingerprint density at radius 1 is 1.10 bits per heavy atom. The number of aromatic hydroxyl groups is 1. The van der Waals surface area contributed by atoms with Crippen molar-refractivity contribution in [2.45, 2.75) is 0 Å². The van der Waals surface area contributed by atoms with Crippen LogP contribution in [0.5, 0.6) is 5.75 Å². The highest BCUT2D eigenvalue weighted by Crippen LogP contribution is 2.25. The summed E-state index contributed by atoms with van der Waals surface area (Å²) in [7, 11) is 1.96. The SMILES string of the molecule is Cn1ccc2c(NC(=O)c3ccccc3O)cccc21. The van der Waals surface area contributed by atoms with E-state index < -0.39 is 0 Å². The van der Waals surface area contributed by atoms with Gasteiger partial charge in [0.15, 0.2) is 0 Å². The van der Waals surface area contributed by atoms with E-state index in [0.29, 0.717) is 0 Å². The van der Waals surface area contributed by atoms with Crippen LogP contribution in [0.15, 0.2) is 54.7 Å². The number of fused-ring (bicyclic) bond motifs is 1. The fourth-order valence-electron chi connectivity index (χ4n) is 2.27. The summed E-state index contributed by atoms with van der Waals surface area (Å²) in [6, 6.07) is 14.2. The number of benzene rings is 2. The lowest BCUT2D eigenvalue weighted by Crippen LogP contribution is -2.12. The Kier molecular flexibility index (Phi) is 2.91. The van der Waals surface area contributed by atoms with Crippen molar-refractivity contribution in [2.24, 2.45) is 7.05 Å². The molecule has 3 aromatic rings. The van der Waals surface area contributed by atoms with E-state index in [2.05, 4.69) is 5.32 Å².